The first-order valence-electron chi connectivity index (χ1n) is 12.5. The molecule has 3 fully saturated rings. The number of aliphatic hydroxyl groups is 1. The van der Waals surface area contributed by atoms with E-state index in [-0.39, 0.29) is 29.6 Å². The summed E-state index contributed by atoms with van der Waals surface area (Å²) in [5.41, 5.74) is 0.301. The van der Waals surface area contributed by atoms with Crippen LogP contribution in [0.5, 0.6) is 0 Å². The lowest BCUT2D eigenvalue weighted by molar-refractivity contribution is -0.152. The molecular formula is C28H34F2N2O2. The van der Waals surface area contributed by atoms with Crippen LogP contribution in [0.1, 0.15) is 43.7 Å². The van der Waals surface area contributed by atoms with E-state index in [1.54, 1.807) is 0 Å². The standard InChI is InChI=1S/C28H34F2N2O2/c1-18-13-32(14-19(2)28(18,34)21-6-4-3-5-7-21)27(33)25-17-31(15-20-8-9-20)16-24(25)23-11-10-22(29)12-26(23)30/h3-7,10-12,18-20,24-25,34H,8-9,13-17H2,1-2H3/t18-,19+,24-,25+,28?/m0/s1. The monoisotopic (exact) mass is 468 g/mol. The third-order valence-corrected chi connectivity index (χ3v) is 8.33. The number of carbonyl (C=O) groups is 1. The number of hydrogen-bond acceptors (Lipinski definition) is 3. The molecule has 6 heteroatoms. The molecule has 0 aromatic heterocycles. The number of nitrogens with zero attached hydrogens (tertiary/aromatic N) is 2. The van der Waals surface area contributed by atoms with Crippen LogP contribution in [0.3, 0.4) is 0 Å². The van der Waals surface area contributed by atoms with Crippen molar-refractivity contribution in [1.82, 2.24) is 9.80 Å². The minimum atomic E-state index is -1.01. The maximum atomic E-state index is 14.8. The molecule has 4 nitrogen and oxygen atoms in total. The van der Waals surface area contributed by atoms with Crippen LogP contribution >= 0.6 is 0 Å². The average Bonchev–Trinajstić information content (AvgIpc) is 3.54. The highest BCUT2D eigenvalue weighted by Gasteiger charge is 2.49. The van der Waals surface area contributed by atoms with Crippen molar-refractivity contribution in [2.75, 3.05) is 32.7 Å². The highest BCUT2D eigenvalue weighted by Crippen LogP contribution is 2.43. The van der Waals surface area contributed by atoms with E-state index >= 15 is 0 Å². The Hall–Kier alpha value is -2.31. The van der Waals surface area contributed by atoms with Crippen molar-refractivity contribution < 1.29 is 18.7 Å². The molecule has 2 heterocycles. The second-order valence-corrected chi connectivity index (χ2v) is 10.8. The van der Waals surface area contributed by atoms with Gasteiger partial charge in [0.05, 0.1) is 11.5 Å². The summed E-state index contributed by atoms with van der Waals surface area (Å²) >= 11 is 0. The molecule has 0 bridgehead atoms. The van der Waals surface area contributed by atoms with Crippen LogP contribution in [-0.2, 0) is 10.4 Å². The molecule has 2 aromatic rings. The first kappa shape index (κ1) is 23.4. The van der Waals surface area contributed by atoms with Gasteiger partial charge in [-0.1, -0.05) is 50.2 Å². The largest absolute Gasteiger partial charge is 0.384 e. The molecule has 1 unspecified atom stereocenters. The molecule has 3 aliphatic rings. The van der Waals surface area contributed by atoms with Gasteiger partial charge in [-0.25, -0.2) is 8.78 Å². The van der Waals surface area contributed by atoms with Crippen molar-refractivity contribution in [2.45, 2.75) is 38.2 Å². The number of rotatable bonds is 5. The Labute approximate surface area is 200 Å². The van der Waals surface area contributed by atoms with E-state index in [0.717, 1.165) is 18.2 Å². The third kappa shape index (κ3) is 4.27. The maximum Gasteiger partial charge on any atom is 0.227 e. The predicted octanol–water partition coefficient (Wildman–Crippen LogP) is 4.39. The summed E-state index contributed by atoms with van der Waals surface area (Å²) in [5, 5.41) is 11.7. The Kier molecular flexibility index (Phi) is 6.23. The van der Waals surface area contributed by atoms with Gasteiger partial charge in [0, 0.05) is 56.5 Å². The van der Waals surface area contributed by atoms with Gasteiger partial charge in [-0.3, -0.25) is 4.79 Å². The number of halogens is 2. The highest BCUT2D eigenvalue weighted by molar-refractivity contribution is 5.81. The molecule has 182 valence electrons. The van der Waals surface area contributed by atoms with Gasteiger partial charge in [-0.05, 0) is 36.0 Å². The minimum absolute atomic E-state index is 0.0147. The SMILES string of the molecule is C[C@@H]1CN(C(=O)[C@@H]2CN(CC3CC3)C[C@H]2c2ccc(F)cc2F)C[C@H](C)C1(O)c1ccccc1. The van der Waals surface area contributed by atoms with Gasteiger partial charge < -0.3 is 14.9 Å². The quantitative estimate of drug-likeness (QED) is 0.708. The van der Waals surface area contributed by atoms with Crippen molar-refractivity contribution in [3.8, 4) is 0 Å². The zero-order valence-corrected chi connectivity index (χ0v) is 20.0. The summed E-state index contributed by atoms with van der Waals surface area (Å²) in [4.78, 5) is 18.0. The van der Waals surface area contributed by atoms with E-state index in [9.17, 15) is 18.7 Å². The van der Waals surface area contributed by atoms with Gasteiger partial charge in [0.1, 0.15) is 11.6 Å². The number of likely N-dealkylation sites (tertiary alicyclic amines) is 2. The first-order chi connectivity index (χ1) is 16.3. The summed E-state index contributed by atoms with van der Waals surface area (Å²) < 4.78 is 28.4. The number of amides is 1. The Morgan fingerprint density at radius 3 is 2.29 bits per heavy atom. The predicted molar refractivity (Wildman–Crippen MR) is 127 cm³/mol. The molecule has 0 radical (unpaired) electrons. The fourth-order valence-corrected chi connectivity index (χ4v) is 6.26. The van der Waals surface area contributed by atoms with Crippen molar-refractivity contribution in [2.24, 2.45) is 23.7 Å². The zero-order valence-electron chi connectivity index (χ0n) is 20.0. The summed E-state index contributed by atoms with van der Waals surface area (Å²) in [6.45, 7) is 7.03. The number of piperidine rings is 1. The fourth-order valence-electron chi connectivity index (χ4n) is 6.26. The van der Waals surface area contributed by atoms with Gasteiger partial charge in [-0.2, -0.15) is 0 Å². The zero-order chi connectivity index (χ0) is 24.0. The molecular weight excluding hydrogens is 434 g/mol. The second-order valence-electron chi connectivity index (χ2n) is 10.8. The van der Waals surface area contributed by atoms with Crippen LogP contribution in [-0.4, -0.2) is 53.5 Å². The van der Waals surface area contributed by atoms with Crippen LogP contribution in [0.25, 0.3) is 0 Å². The maximum absolute atomic E-state index is 14.8. The van der Waals surface area contributed by atoms with Crippen LogP contribution in [0.15, 0.2) is 48.5 Å². The van der Waals surface area contributed by atoms with Gasteiger partial charge in [-0.15, -0.1) is 0 Å². The van der Waals surface area contributed by atoms with E-state index in [0.29, 0.717) is 37.7 Å². The molecule has 5 rings (SSSR count). The topological polar surface area (TPSA) is 43.8 Å². The normalized spacial score (nSPS) is 32.2. The lowest BCUT2D eigenvalue weighted by atomic mass is 9.70. The van der Waals surface area contributed by atoms with Crippen LogP contribution < -0.4 is 0 Å². The molecule has 5 atom stereocenters. The molecule has 1 N–H and O–H groups in total. The second kappa shape index (κ2) is 9.04. The van der Waals surface area contributed by atoms with E-state index in [4.69, 9.17) is 0 Å². The van der Waals surface area contributed by atoms with E-state index < -0.39 is 17.2 Å². The molecule has 2 saturated heterocycles. The van der Waals surface area contributed by atoms with Crippen molar-refractivity contribution >= 4 is 5.91 Å². The van der Waals surface area contributed by atoms with Crippen molar-refractivity contribution in [3.63, 3.8) is 0 Å². The summed E-state index contributed by atoms with van der Waals surface area (Å²) in [7, 11) is 0. The first-order valence-corrected chi connectivity index (χ1v) is 12.5. The smallest absolute Gasteiger partial charge is 0.227 e. The average molecular weight is 469 g/mol. The van der Waals surface area contributed by atoms with E-state index in [1.807, 2.05) is 49.1 Å². The van der Waals surface area contributed by atoms with Crippen molar-refractivity contribution in [3.05, 3.63) is 71.3 Å². The van der Waals surface area contributed by atoms with Gasteiger partial charge >= 0.3 is 0 Å². The van der Waals surface area contributed by atoms with Gasteiger partial charge in [0.15, 0.2) is 0 Å². The Morgan fingerprint density at radius 1 is 1.00 bits per heavy atom. The minimum Gasteiger partial charge on any atom is -0.384 e. The van der Waals surface area contributed by atoms with E-state index in [2.05, 4.69) is 4.90 Å². The molecule has 0 spiro atoms. The van der Waals surface area contributed by atoms with Gasteiger partial charge in [0.2, 0.25) is 5.91 Å². The molecule has 1 aliphatic carbocycles. The van der Waals surface area contributed by atoms with E-state index in [1.165, 1.54) is 25.0 Å². The molecule has 2 aromatic carbocycles. The van der Waals surface area contributed by atoms with Gasteiger partial charge in [0.25, 0.3) is 0 Å². The summed E-state index contributed by atoms with van der Waals surface area (Å²) in [6, 6.07) is 13.4. The Balaban J connectivity index is 1.38. The lowest BCUT2D eigenvalue weighted by Gasteiger charge is -2.48. The number of carbonyl (C=O) groups excluding carboxylic acids is 1. The third-order valence-electron chi connectivity index (χ3n) is 8.33. The number of hydrogen-bond donors (Lipinski definition) is 1. The molecule has 1 saturated carbocycles. The fraction of sp³-hybridized carbons (Fsp3) is 0.536. The molecule has 2 aliphatic heterocycles. The molecule has 1 amide bonds. The Bertz CT molecular complexity index is 1030. The molecule has 34 heavy (non-hydrogen) atoms. The van der Waals surface area contributed by atoms with Crippen LogP contribution in [0, 0.1) is 35.3 Å². The van der Waals surface area contributed by atoms with Crippen LogP contribution in [0.2, 0.25) is 0 Å². The van der Waals surface area contributed by atoms with Crippen molar-refractivity contribution in [1.29, 1.82) is 0 Å². The number of benzene rings is 2. The highest BCUT2D eigenvalue weighted by atomic mass is 19.1. The Morgan fingerprint density at radius 2 is 1.68 bits per heavy atom. The summed E-state index contributed by atoms with van der Waals surface area (Å²) in [6.07, 6.45) is 2.42. The lowest BCUT2D eigenvalue weighted by Crippen LogP contribution is -2.57. The van der Waals surface area contributed by atoms with Crippen LogP contribution in [0.4, 0.5) is 8.78 Å². The summed E-state index contributed by atoms with van der Waals surface area (Å²) in [5.74, 6) is -1.45.